The van der Waals surface area contributed by atoms with Crippen LogP contribution in [0.1, 0.15) is 18.1 Å². The average molecular weight is 357 g/mol. The van der Waals surface area contributed by atoms with Crippen molar-refractivity contribution in [1.29, 1.82) is 0 Å². The summed E-state index contributed by atoms with van der Waals surface area (Å²) in [7, 11) is -3.62. The van der Waals surface area contributed by atoms with E-state index in [4.69, 9.17) is 5.14 Å². The van der Waals surface area contributed by atoms with Crippen molar-refractivity contribution in [2.45, 2.75) is 31.3 Å². The quantitative estimate of drug-likeness (QED) is 0.638. The number of hydrogen-bond acceptors (Lipinski definition) is 3. The van der Waals surface area contributed by atoms with E-state index in [0.29, 0.717) is 0 Å². The summed E-state index contributed by atoms with van der Waals surface area (Å²) in [6, 6.07) is 15.2. The Labute approximate surface area is 148 Å². The van der Waals surface area contributed by atoms with Gasteiger partial charge in [-0.2, -0.15) is 0 Å². The zero-order valence-corrected chi connectivity index (χ0v) is 15.1. The summed E-state index contributed by atoms with van der Waals surface area (Å²) in [5, 5.41) is 9.86. The highest BCUT2D eigenvalue weighted by atomic mass is 32.2. The van der Waals surface area contributed by atoms with E-state index in [2.05, 4.69) is 47.3 Å². The van der Waals surface area contributed by atoms with Crippen LogP contribution in [0.25, 0.3) is 10.9 Å². The molecule has 0 bridgehead atoms. The SMILES string of the molecule is CCn1cc(CNCCc2ccc(S(N)(=O)=O)cc2)c2ccccc21. The molecular formula is C19H23N3O2S. The third kappa shape index (κ3) is 4.10. The lowest BCUT2D eigenvalue weighted by Crippen LogP contribution is -2.16. The Morgan fingerprint density at radius 1 is 1.08 bits per heavy atom. The number of fused-ring (bicyclic) bond motifs is 1. The molecule has 0 aliphatic heterocycles. The summed E-state index contributed by atoms with van der Waals surface area (Å²) in [5.74, 6) is 0. The van der Waals surface area contributed by atoms with Gasteiger partial charge in [-0.3, -0.25) is 0 Å². The summed E-state index contributed by atoms with van der Waals surface area (Å²) in [4.78, 5) is 0.150. The highest BCUT2D eigenvalue weighted by Crippen LogP contribution is 2.21. The van der Waals surface area contributed by atoms with Gasteiger partial charge in [0, 0.05) is 30.2 Å². The Morgan fingerprint density at radius 3 is 2.48 bits per heavy atom. The highest BCUT2D eigenvalue weighted by molar-refractivity contribution is 7.89. The summed E-state index contributed by atoms with van der Waals surface area (Å²) in [6.07, 6.45) is 3.04. The molecule has 0 saturated heterocycles. The van der Waals surface area contributed by atoms with Gasteiger partial charge in [-0.1, -0.05) is 30.3 Å². The lowest BCUT2D eigenvalue weighted by Gasteiger charge is -2.05. The van der Waals surface area contributed by atoms with Crippen molar-refractivity contribution in [2.24, 2.45) is 5.14 Å². The largest absolute Gasteiger partial charge is 0.347 e. The summed E-state index contributed by atoms with van der Waals surface area (Å²) >= 11 is 0. The molecular weight excluding hydrogens is 334 g/mol. The third-order valence-corrected chi connectivity index (χ3v) is 5.30. The maximum absolute atomic E-state index is 11.3. The minimum atomic E-state index is -3.62. The molecule has 1 aromatic heterocycles. The second-order valence-electron chi connectivity index (χ2n) is 6.07. The first-order valence-electron chi connectivity index (χ1n) is 8.38. The van der Waals surface area contributed by atoms with Crippen molar-refractivity contribution in [2.75, 3.05) is 6.54 Å². The number of aryl methyl sites for hydroxylation is 1. The normalized spacial score (nSPS) is 11.9. The lowest BCUT2D eigenvalue weighted by atomic mass is 10.1. The number of nitrogens with one attached hydrogen (secondary N) is 1. The fraction of sp³-hybridized carbons (Fsp3) is 0.263. The molecule has 3 aromatic rings. The van der Waals surface area contributed by atoms with Gasteiger partial charge >= 0.3 is 0 Å². The van der Waals surface area contributed by atoms with Crippen LogP contribution in [0.3, 0.4) is 0 Å². The van der Waals surface area contributed by atoms with Gasteiger partial charge in [0.2, 0.25) is 10.0 Å². The number of nitrogens with two attached hydrogens (primary N) is 1. The minimum Gasteiger partial charge on any atom is -0.347 e. The monoisotopic (exact) mass is 357 g/mol. The van der Waals surface area contributed by atoms with Crippen LogP contribution in [-0.4, -0.2) is 19.5 Å². The Balaban J connectivity index is 1.59. The molecule has 0 unspecified atom stereocenters. The Bertz CT molecular complexity index is 960. The molecule has 132 valence electrons. The second-order valence-corrected chi connectivity index (χ2v) is 7.63. The van der Waals surface area contributed by atoms with E-state index in [9.17, 15) is 8.42 Å². The molecule has 3 rings (SSSR count). The van der Waals surface area contributed by atoms with Crippen molar-refractivity contribution in [3.05, 3.63) is 65.9 Å². The van der Waals surface area contributed by atoms with Crippen LogP contribution in [0.15, 0.2) is 59.6 Å². The van der Waals surface area contributed by atoms with Gasteiger partial charge in [0.05, 0.1) is 4.90 Å². The molecule has 0 atom stereocenters. The number of rotatable bonds is 7. The first-order valence-corrected chi connectivity index (χ1v) is 9.93. The van der Waals surface area contributed by atoms with Crippen LogP contribution in [0.5, 0.6) is 0 Å². The fourth-order valence-corrected chi connectivity index (χ4v) is 3.54. The van der Waals surface area contributed by atoms with Gasteiger partial charge in [0.1, 0.15) is 0 Å². The predicted octanol–water partition coefficient (Wildman–Crippen LogP) is 2.64. The number of sulfonamides is 1. The van der Waals surface area contributed by atoms with Gasteiger partial charge in [0.15, 0.2) is 0 Å². The van der Waals surface area contributed by atoms with E-state index in [-0.39, 0.29) is 4.90 Å². The van der Waals surface area contributed by atoms with E-state index < -0.39 is 10.0 Å². The molecule has 0 spiro atoms. The van der Waals surface area contributed by atoms with Crippen molar-refractivity contribution in [1.82, 2.24) is 9.88 Å². The predicted molar refractivity (Wildman–Crippen MR) is 101 cm³/mol. The number of primary sulfonamides is 1. The van der Waals surface area contributed by atoms with Gasteiger partial charge < -0.3 is 9.88 Å². The number of hydrogen-bond donors (Lipinski definition) is 2. The lowest BCUT2D eigenvalue weighted by molar-refractivity contribution is 0.597. The molecule has 0 fully saturated rings. The zero-order chi connectivity index (χ0) is 17.9. The summed E-state index contributed by atoms with van der Waals surface area (Å²) in [6.45, 7) is 4.73. The first kappa shape index (κ1) is 17.7. The molecule has 5 nitrogen and oxygen atoms in total. The van der Waals surface area contributed by atoms with Crippen LogP contribution in [0.4, 0.5) is 0 Å². The number of nitrogens with zero attached hydrogens (tertiary/aromatic N) is 1. The van der Waals surface area contributed by atoms with E-state index in [0.717, 1.165) is 31.6 Å². The van der Waals surface area contributed by atoms with Gasteiger partial charge in [0.25, 0.3) is 0 Å². The van der Waals surface area contributed by atoms with E-state index >= 15 is 0 Å². The maximum Gasteiger partial charge on any atom is 0.238 e. The molecule has 3 N–H and O–H groups in total. The molecule has 1 heterocycles. The Kier molecular flexibility index (Phi) is 5.22. The van der Waals surface area contributed by atoms with E-state index in [1.807, 2.05) is 12.1 Å². The van der Waals surface area contributed by atoms with Gasteiger partial charge in [-0.15, -0.1) is 0 Å². The number of benzene rings is 2. The fourth-order valence-electron chi connectivity index (χ4n) is 3.03. The molecule has 2 aromatic carbocycles. The second kappa shape index (κ2) is 7.39. The van der Waals surface area contributed by atoms with Crippen molar-refractivity contribution in [3.63, 3.8) is 0 Å². The Morgan fingerprint density at radius 2 is 1.80 bits per heavy atom. The van der Waals surface area contributed by atoms with Crippen LogP contribution in [-0.2, 0) is 29.5 Å². The maximum atomic E-state index is 11.3. The molecule has 0 aliphatic carbocycles. The molecule has 0 aliphatic rings. The molecule has 25 heavy (non-hydrogen) atoms. The van der Waals surface area contributed by atoms with Gasteiger partial charge in [-0.05, 0) is 49.2 Å². The summed E-state index contributed by atoms with van der Waals surface area (Å²) < 4.78 is 24.8. The number of para-hydroxylation sites is 1. The average Bonchev–Trinajstić information content (AvgIpc) is 2.96. The van der Waals surface area contributed by atoms with Crippen LogP contribution in [0, 0.1) is 0 Å². The van der Waals surface area contributed by atoms with Crippen molar-refractivity contribution >= 4 is 20.9 Å². The molecule has 0 amide bonds. The minimum absolute atomic E-state index is 0.150. The topological polar surface area (TPSA) is 77.1 Å². The standard InChI is InChI=1S/C19H23N3O2S/c1-2-22-14-16(18-5-3-4-6-19(18)22)13-21-12-11-15-7-9-17(10-8-15)25(20,23)24/h3-10,14,21H,2,11-13H2,1H3,(H2,20,23,24). The third-order valence-electron chi connectivity index (χ3n) is 4.37. The number of aromatic nitrogens is 1. The van der Waals surface area contributed by atoms with Crippen molar-refractivity contribution < 1.29 is 8.42 Å². The highest BCUT2D eigenvalue weighted by Gasteiger charge is 2.08. The molecule has 0 saturated carbocycles. The van der Waals surface area contributed by atoms with E-state index in [1.165, 1.54) is 16.5 Å². The smallest absolute Gasteiger partial charge is 0.238 e. The van der Waals surface area contributed by atoms with Crippen LogP contribution in [0.2, 0.25) is 0 Å². The van der Waals surface area contributed by atoms with Crippen LogP contribution < -0.4 is 10.5 Å². The van der Waals surface area contributed by atoms with E-state index in [1.54, 1.807) is 12.1 Å². The first-order chi connectivity index (χ1) is 12.0. The zero-order valence-electron chi connectivity index (χ0n) is 14.3. The molecule has 6 heteroatoms. The van der Waals surface area contributed by atoms with Crippen molar-refractivity contribution in [3.8, 4) is 0 Å². The molecule has 0 radical (unpaired) electrons. The van der Waals surface area contributed by atoms with Gasteiger partial charge in [-0.25, -0.2) is 13.6 Å². The van der Waals surface area contributed by atoms with Crippen LogP contribution >= 0.6 is 0 Å². The Hall–Kier alpha value is -2.15. The summed E-state index contributed by atoms with van der Waals surface area (Å²) in [5.41, 5.74) is 3.64.